The van der Waals surface area contributed by atoms with Crippen LogP contribution in [0.15, 0.2) is 59.5 Å². The largest absolute Gasteiger partial charge is 0.352 e. The summed E-state index contributed by atoms with van der Waals surface area (Å²) in [4.78, 5) is 28.9. The summed E-state index contributed by atoms with van der Waals surface area (Å²) in [5, 5.41) is 3.18. The Balaban J connectivity index is 1.67. The third-order valence-corrected chi connectivity index (χ3v) is 6.69. The first-order valence-electron chi connectivity index (χ1n) is 10.9. The number of thioether (sulfide) groups is 1. The summed E-state index contributed by atoms with van der Waals surface area (Å²) in [6, 6.07) is 17.8. The maximum absolute atomic E-state index is 13.2. The maximum atomic E-state index is 13.2. The van der Waals surface area contributed by atoms with Crippen molar-refractivity contribution < 1.29 is 9.59 Å². The van der Waals surface area contributed by atoms with Crippen molar-refractivity contribution in [1.82, 2.24) is 10.2 Å². The topological polar surface area (TPSA) is 49.4 Å². The smallest absolute Gasteiger partial charge is 0.242 e. The molecule has 1 atom stereocenters. The van der Waals surface area contributed by atoms with E-state index in [1.807, 2.05) is 56.3 Å². The van der Waals surface area contributed by atoms with Crippen LogP contribution in [0.3, 0.4) is 0 Å². The lowest BCUT2D eigenvalue weighted by Gasteiger charge is -2.31. The summed E-state index contributed by atoms with van der Waals surface area (Å²) >= 11 is 1.52. The Morgan fingerprint density at radius 1 is 1.03 bits per heavy atom. The molecule has 0 bridgehead atoms. The van der Waals surface area contributed by atoms with Crippen LogP contribution in [0.1, 0.15) is 50.2 Å². The predicted molar refractivity (Wildman–Crippen MR) is 123 cm³/mol. The fraction of sp³-hybridized carbons (Fsp3) is 0.440. The summed E-state index contributed by atoms with van der Waals surface area (Å²) in [5.74, 6) is 0.249. The second kappa shape index (κ2) is 11.2. The maximum Gasteiger partial charge on any atom is 0.242 e. The molecule has 2 aromatic rings. The van der Waals surface area contributed by atoms with Crippen molar-refractivity contribution in [1.29, 1.82) is 0 Å². The van der Waals surface area contributed by atoms with E-state index in [0.29, 0.717) is 12.3 Å². The molecule has 160 valence electrons. The highest BCUT2D eigenvalue weighted by molar-refractivity contribution is 8.00. The van der Waals surface area contributed by atoms with E-state index in [0.717, 1.165) is 23.3 Å². The molecule has 1 fully saturated rings. The van der Waals surface area contributed by atoms with E-state index in [9.17, 15) is 9.59 Å². The monoisotopic (exact) mass is 424 g/mol. The van der Waals surface area contributed by atoms with E-state index < -0.39 is 6.04 Å². The van der Waals surface area contributed by atoms with Crippen molar-refractivity contribution in [2.24, 2.45) is 0 Å². The molecule has 1 saturated carbocycles. The molecule has 5 heteroatoms. The van der Waals surface area contributed by atoms with Gasteiger partial charge in [0.15, 0.2) is 0 Å². The van der Waals surface area contributed by atoms with Gasteiger partial charge in [-0.15, -0.1) is 11.8 Å². The van der Waals surface area contributed by atoms with Crippen molar-refractivity contribution in [3.63, 3.8) is 0 Å². The molecule has 1 N–H and O–H groups in total. The Labute approximate surface area is 184 Å². The second-order valence-corrected chi connectivity index (χ2v) is 9.18. The molecule has 0 unspecified atom stereocenters. The molecule has 0 heterocycles. The van der Waals surface area contributed by atoms with E-state index in [4.69, 9.17) is 0 Å². The van der Waals surface area contributed by atoms with E-state index in [-0.39, 0.29) is 17.9 Å². The SMILES string of the molecule is Cc1ccc(SCC(=O)N(Cc2ccccc2)[C@H](C)C(=O)NC2CCCCC2)cc1. The molecule has 1 aliphatic rings. The van der Waals surface area contributed by atoms with Gasteiger partial charge in [0.2, 0.25) is 11.8 Å². The Hall–Kier alpha value is -2.27. The molecule has 3 rings (SSSR count). The number of aryl methyl sites for hydroxylation is 1. The lowest BCUT2D eigenvalue weighted by molar-refractivity contribution is -0.139. The fourth-order valence-corrected chi connectivity index (χ4v) is 4.58. The number of carbonyl (C=O) groups is 2. The molecule has 0 aliphatic heterocycles. The number of benzene rings is 2. The van der Waals surface area contributed by atoms with E-state index in [1.165, 1.54) is 36.6 Å². The van der Waals surface area contributed by atoms with Gasteiger partial charge in [-0.25, -0.2) is 0 Å². The normalized spacial score (nSPS) is 15.4. The summed E-state index contributed by atoms with van der Waals surface area (Å²) in [7, 11) is 0. The summed E-state index contributed by atoms with van der Waals surface area (Å²) < 4.78 is 0. The number of carbonyl (C=O) groups excluding carboxylic acids is 2. The number of nitrogens with zero attached hydrogens (tertiary/aromatic N) is 1. The molecule has 1 aliphatic carbocycles. The average Bonchev–Trinajstić information content (AvgIpc) is 2.78. The van der Waals surface area contributed by atoms with Gasteiger partial charge in [0.05, 0.1) is 5.75 Å². The quantitative estimate of drug-likeness (QED) is 0.610. The van der Waals surface area contributed by atoms with E-state index >= 15 is 0 Å². The first-order valence-corrected chi connectivity index (χ1v) is 11.8. The zero-order valence-corrected chi connectivity index (χ0v) is 18.8. The highest BCUT2D eigenvalue weighted by Gasteiger charge is 2.28. The first kappa shape index (κ1) is 22.4. The van der Waals surface area contributed by atoms with E-state index in [1.54, 1.807) is 4.90 Å². The van der Waals surface area contributed by atoms with Gasteiger partial charge in [0.1, 0.15) is 6.04 Å². The average molecular weight is 425 g/mol. The van der Waals surface area contributed by atoms with Gasteiger partial charge in [-0.1, -0.05) is 67.3 Å². The van der Waals surface area contributed by atoms with Gasteiger partial charge in [-0.05, 0) is 44.4 Å². The van der Waals surface area contributed by atoms with Crippen LogP contribution < -0.4 is 5.32 Å². The molecular weight excluding hydrogens is 392 g/mol. The molecule has 0 spiro atoms. The Morgan fingerprint density at radius 3 is 2.37 bits per heavy atom. The minimum absolute atomic E-state index is 0.0178. The standard InChI is InChI=1S/C25H32N2O2S/c1-19-13-15-23(16-14-19)30-18-24(28)27(17-21-9-5-3-6-10-21)20(2)25(29)26-22-11-7-4-8-12-22/h3,5-6,9-10,13-16,20,22H,4,7-8,11-12,17-18H2,1-2H3,(H,26,29)/t20-/m1/s1. The summed E-state index contributed by atoms with van der Waals surface area (Å²) in [6.45, 7) is 4.33. The van der Waals surface area contributed by atoms with Crippen molar-refractivity contribution in [2.45, 2.75) is 69.5 Å². The number of hydrogen-bond acceptors (Lipinski definition) is 3. The third kappa shape index (κ3) is 6.63. The van der Waals surface area contributed by atoms with Gasteiger partial charge in [0.25, 0.3) is 0 Å². The van der Waals surface area contributed by atoms with Crippen LogP contribution in [0.5, 0.6) is 0 Å². The molecule has 0 saturated heterocycles. The highest BCUT2D eigenvalue weighted by atomic mass is 32.2. The summed E-state index contributed by atoms with van der Waals surface area (Å²) in [5.41, 5.74) is 2.23. The molecular formula is C25H32N2O2S. The number of rotatable bonds is 8. The Morgan fingerprint density at radius 2 is 1.70 bits per heavy atom. The molecule has 30 heavy (non-hydrogen) atoms. The third-order valence-electron chi connectivity index (χ3n) is 5.70. The zero-order valence-electron chi connectivity index (χ0n) is 18.0. The highest BCUT2D eigenvalue weighted by Crippen LogP contribution is 2.21. The van der Waals surface area contributed by atoms with Gasteiger partial charge in [-0.2, -0.15) is 0 Å². The molecule has 2 aromatic carbocycles. The number of amides is 2. The zero-order chi connectivity index (χ0) is 21.3. The molecule has 2 amide bonds. The van der Waals surface area contributed by atoms with Crippen LogP contribution in [-0.2, 0) is 16.1 Å². The number of nitrogens with one attached hydrogen (secondary N) is 1. The van der Waals surface area contributed by atoms with Crippen molar-refractivity contribution in [3.8, 4) is 0 Å². The van der Waals surface area contributed by atoms with E-state index in [2.05, 4.69) is 17.4 Å². The molecule has 4 nitrogen and oxygen atoms in total. The lowest BCUT2D eigenvalue weighted by Crippen LogP contribution is -2.50. The van der Waals surface area contributed by atoms with Crippen LogP contribution in [0, 0.1) is 6.92 Å². The minimum Gasteiger partial charge on any atom is -0.352 e. The fourth-order valence-electron chi connectivity index (χ4n) is 3.79. The van der Waals surface area contributed by atoms with Crippen molar-refractivity contribution in [3.05, 3.63) is 65.7 Å². The van der Waals surface area contributed by atoms with Gasteiger partial charge in [-0.3, -0.25) is 9.59 Å². The second-order valence-electron chi connectivity index (χ2n) is 8.13. The Bertz CT molecular complexity index is 817. The van der Waals surface area contributed by atoms with Crippen LogP contribution in [-0.4, -0.2) is 34.6 Å². The van der Waals surface area contributed by atoms with Crippen LogP contribution in [0.2, 0.25) is 0 Å². The van der Waals surface area contributed by atoms with Crippen LogP contribution in [0.25, 0.3) is 0 Å². The van der Waals surface area contributed by atoms with Crippen LogP contribution in [0.4, 0.5) is 0 Å². The van der Waals surface area contributed by atoms with Crippen molar-refractivity contribution >= 4 is 23.6 Å². The minimum atomic E-state index is -0.502. The predicted octanol–water partition coefficient (Wildman–Crippen LogP) is 4.95. The Kier molecular flexibility index (Phi) is 8.38. The van der Waals surface area contributed by atoms with Crippen molar-refractivity contribution in [2.75, 3.05) is 5.75 Å². The molecule has 0 aromatic heterocycles. The molecule has 0 radical (unpaired) electrons. The van der Waals surface area contributed by atoms with Gasteiger partial charge >= 0.3 is 0 Å². The van der Waals surface area contributed by atoms with Gasteiger partial charge in [0, 0.05) is 17.5 Å². The lowest BCUT2D eigenvalue weighted by atomic mass is 9.95. The number of hydrogen-bond donors (Lipinski definition) is 1. The van der Waals surface area contributed by atoms with Gasteiger partial charge < -0.3 is 10.2 Å². The first-order chi connectivity index (χ1) is 14.5. The summed E-state index contributed by atoms with van der Waals surface area (Å²) in [6.07, 6.45) is 5.65. The van der Waals surface area contributed by atoms with Crippen LogP contribution >= 0.6 is 11.8 Å².